The average molecular weight is 324 g/mol. The summed E-state index contributed by atoms with van der Waals surface area (Å²) >= 11 is 3.36. The fourth-order valence-corrected chi connectivity index (χ4v) is 2.04. The second-order valence-electron chi connectivity index (χ2n) is 3.98. The molecule has 0 bridgehead atoms. The van der Waals surface area contributed by atoms with Crippen molar-refractivity contribution in [3.05, 3.63) is 63.9 Å². The average Bonchev–Trinajstić information content (AvgIpc) is 2.36. The Labute approximate surface area is 118 Å². The number of aromatic carboxylic acids is 1. The third kappa shape index (κ3) is 3.54. The molecular formula is C14H11BrFNO2. The van der Waals surface area contributed by atoms with Crippen molar-refractivity contribution >= 4 is 27.6 Å². The molecule has 0 saturated heterocycles. The first-order valence-electron chi connectivity index (χ1n) is 5.57. The first-order chi connectivity index (χ1) is 9.06. The van der Waals surface area contributed by atoms with Gasteiger partial charge in [0.2, 0.25) is 0 Å². The van der Waals surface area contributed by atoms with Gasteiger partial charge in [-0.3, -0.25) is 0 Å². The zero-order valence-electron chi connectivity index (χ0n) is 9.86. The second-order valence-corrected chi connectivity index (χ2v) is 4.90. The standard InChI is InChI=1S/C14H11BrFNO2/c15-10-2-1-3-11(7-10)17-8-9-4-5-12(14(18)19)13(16)6-9/h1-7,17H,8H2,(H,18,19). The van der Waals surface area contributed by atoms with Gasteiger partial charge >= 0.3 is 5.97 Å². The maximum Gasteiger partial charge on any atom is 0.338 e. The maximum atomic E-state index is 13.5. The van der Waals surface area contributed by atoms with Crippen LogP contribution in [0.15, 0.2) is 46.9 Å². The minimum atomic E-state index is -1.26. The van der Waals surface area contributed by atoms with Crippen molar-refractivity contribution in [1.82, 2.24) is 0 Å². The lowest BCUT2D eigenvalue weighted by Crippen LogP contribution is -2.04. The van der Waals surface area contributed by atoms with Crippen LogP contribution in [0.4, 0.5) is 10.1 Å². The van der Waals surface area contributed by atoms with E-state index in [2.05, 4.69) is 21.2 Å². The molecule has 2 aromatic rings. The summed E-state index contributed by atoms with van der Waals surface area (Å²) in [4.78, 5) is 10.7. The van der Waals surface area contributed by atoms with E-state index in [-0.39, 0.29) is 5.56 Å². The fraction of sp³-hybridized carbons (Fsp3) is 0.0714. The smallest absolute Gasteiger partial charge is 0.338 e. The van der Waals surface area contributed by atoms with E-state index in [9.17, 15) is 9.18 Å². The second kappa shape index (κ2) is 5.84. The number of carbonyl (C=O) groups is 1. The van der Waals surface area contributed by atoms with Crippen LogP contribution < -0.4 is 5.32 Å². The molecule has 98 valence electrons. The van der Waals surface area contributed by atoms with Crippen LogP contribution in [0, 0.1) is 5.82 Å². The predicted octanol–water partition coefficient (Wildman–Crippen LogP) is 3.90. The van der Waals surface area contributed by atoms with E-state index in [1.165, 1.54) is 12.1 Å². The molecule has 0 aliphatic carbocycles. The van der Waals surface area contributed by atoms with Crippen molar-refractivity contribution in [2.24, 2.45) is 0 Å². The maximum absolute atomic E-state index is 13.5. The van der Waals surface area contributed by atoms with Gasteiger partial charge in [-0.15, -0.1) is 0 Å². The van der Waals surface area contributed by atoms with E-state index < -0.39 is 11.8 Å². The summed E-state index contributed by atoms with van der Waals surface area (Å²) in [5, 5.41) is 11.9. The first kappa shape index (κ1) is 13.5. The van der Waals surface area contributed by atoms with Crippen molar-refractivity contribution in [2.75, 3.05) is 5.32 Å². The van der Waals surface area contributed by atoms with Crippen LogP contribution in [0.3, 0.4) is 0 Å². The summed E-state index contributed by atoms with van der Waals surface area (Å²) in [6, 6.07) is 11.7. The highest BCUT2D eigenvalue weighted by molar-refractivity contribution is 9.10. The van der Waals surface area contributed by atoms with Crippen LogP contribution in [0.5, 0.6) is 0 Å². The van der Waals surface area contributed by atoms with Gasteiger partial charge in [0.25, 0.3) is 0 Å². The van der Waals surface area contributed by atoms with Crippen LogP contribution in [0.2, 0.25) is 0 Å². The fourth-order valence-electron chi connectivity index (χ4n) is 1.64. The molecular weight excluding hydrogens is 313 g/mol. The highest BCUT2D eigenvalue weighted by Crippen LogP contribution is 2.17. The Kier molecular flexibility index (Phi) is 4.16. The molecule has 0 atom stereocenters. The quantitative estimate of drug-likeness (QED) is 0.897. The SMILES string of the molecule is O=C(O)c1ccc(CNc2cccc(Br)c2)cc1F. The van der Waals surface area contributed by atoms with Crippen LogP contribution in [0.1, 0.15) is 15.9 Å². The lowest BCUT2D eigenvalue weighted by Gasteiger charge is -2.07. The van der Waals surface area contributed by atoms with Crippen molar-refractivity contribution in [3.8, 4) is 0 Å². The molecule has 2 aromatic carbocycles. The van der Waals surface area contributed by atoms with Crippen molar-refractivity contribution in [2.45, 2.75) is 6.54 Å². The molecule has 0 unspecified atom stereocenters. The number of hydrogen-bond donors (Lipinski definition) is 2. The number of nitrogens with one attached hydrogen (secondary N) is 1. The summed E-state index contributed by atoms with van der Waals surface area (Å²) < 4.78 is 14.4. The van der Waals surface area contributed by atoms with E-state index in [1.54, 1.807) is 6.07 Å². The summed E-state index contributed by atoms with van der Waals surface area (Å²) in [6.07, 6.45) is 0. The number of anilines is 1. The number of carboxylic acids is 1. The molecule has 0 amide bonds. The number of rotatable bonds is 4. The van der Waals surface area contributed by atoms with E-state index in [1.807, 2.05) is 24.3 Å². The summed E-state index contributed by atoms with van der Waals surface area (Å²) in [5.74, 6) is -1.98. The Balaban J connectivity index is 2.08. The lowest BCUT2D eigenvalue weighted by atomic mass is 10.1. The Morgan fingerprint density at radius 1 is 1.26 bits per heavy atom. The normalized spacial score (nSPS) is 10.2. The number of halogens is 2. The van der Waals surface area contributed by atoms with Gasteiger partial charge in [0, 0.05) is 16.7 Å². The van der Waals surface area contributed by atoms with Gasteiger partial charge < -0.3 is 10.4 Å². The van der Waals surface area contributed by atoms with Gasteiger partial charge in [-0.25, -0.2) is 9.18 Å². The zero-order chi connectivity index (χ0) is 13.8. The van der Waals surface area contributed by atoms with E-state index in [4.69, 9.17) is 5.11 Å². The van der Waals surface area contributed by atoms with Gasteiger partial charge in [0.1, 0.15) is 5.82 Å². The summed E-state index contributed by atoms with van der Waals surface area (Å²) in [7, 11) is 0. The highest BCUT2D eigenvalue weighted by Gasteiger charge is 2.10. The molecule has 0 radical (unpaired) electrons. The highest BCUT2D eigenvalue weighted by atomic mass is 79.9. The van der Waals surface area contributed by atoms with Gasteiger partial charge in [0.15, 0.2) is 0 Å². The lowest BCUT2D eigenvalue weighted by molar-refractivity contribution is 0.0692. The molecule has 2 rings (SSSR count). The molecule has 0 aliphatic heterocycles. The minimum Gasteiger partial charge on any atom is -0.478 e. The van der Waals surface area contributed by atoms with Crippen LogP contribution >= 0.6 is 15.9 Å². The first-order valence-corrected chi connectivity index (χ1v) is 6.37. The van der Waals surface area contributed by atoms with Gasteiger partial charge in [-0.1, -0.05) is 28.1 Å². The largest absolute Gasteiger partial charge is 0.478 e. The van der Waals surface area contributed by atoms with Crippen molar-refractivity contribution < 1.29 is 14.3 Å². The van der Waals surface area contributed by atoms with Gasteiger partial charge in [-0.05, 0) is 35.9 Å². The third-order valence-electron chi connectivity index (χ3n) is 2.59. The van der Waals surface area contributed by atoms with E-state index in [0.717, 1.165) is 10.2 Å². The number of benzene rings is 2. The molecule has 0 aromatic heterocycles. The molecule has 2 N–H and O–H groups in total. The molecule has 3 nitrogen and oxygen atoms in total. The molecule has 5 heteroatoms. The minimum absolute atomic E-state index is 0.314. The number of hydrogen-bond acceptors (Lipinski definition) is 2. The van der Waals surface area contributed by atoms with E-state index in [0.29, 0.717) is 12.1 Å². The molecule has 0 aliphatic rings. The molecule has 0 fully saturated rings. The predicted molar refractivity (Wildman–Crippen MR) is 74.8 cm³/mol. The van der Waals surface area contributed by atoms with Gasteiger partial charge in [0.05, 0.1) is 5.56 Å². The molecule has 0 heterocycles. The molecule has 0 spiro atoms. The van der Waals surface area contributed by atoms with E-state index >= 15 is 0 Å². The van der Waals surface area contributed by atoms with Crippen LogP contribution in [0.25, 0.3) is 0 Å². The van der Waals surface area contributed by atoms with Crippen LogP contribution in [-0.4, -0.2) is 11.1 Å². The Bertz CT molecular complexity index is 616. The summed E-state index contributed by atoms with van der Waals surface area (Å²) in [5.41, 5.74) is 1.27. The van der Waals surface area contributed by atoms with Crippen LogP contribution in [-0.2, 0) is 6.54 Å². The summed E-state index contributed by atoms with van der Waals surface area (Å²) in [6.45, 7) is 0.424. The van der Waals surface area contributed by atoms with Crippen molar-refractivity contribution in [1.29, 1.82) is 0 Å². The molecule has 0 saturated carbocycles. The Morgan fingerprint density at radius 2 is 2.05 bits per heavy atom. The number of carboxylic acid groups (broad SMARTS) is 1. The molecule has 19 heavy (non-hydrogen) atoms. The monoisotopic (exact) mass is 323 g/mol. The Hall–Kier alpha value is -1.88. The zero-order valence-corrected chi connectivity index (χ0v) is 11.4. The Morgan fingerprint density at radius 3 is 2.68 bits per heavy atom. The third-order valence-corrected chi connectivity index (χ3v) is 3.08. The van der Waals surface area contributed by atoms with Crippen molar-refractivity contribution in [3.63, 3.8) is 0 Å². The topological polar surface area (TPSA) is 49.3 Å². The van der Waals surface area contributed by atoms with Gasteiger partial charge in [-0.2, -0.15) is 0 Å².